The molecule has 1 aliphatic heterocycles. The van der Waals surface area contributed by atoms with Crippen LogP contribution in [0.4, 0.5) is 4.39 Å². The van der Waals surface area contributed by atoms with Gasteiger partial charge in [-0.25, -0.2) is 4.39 Å². The van der Waals surface area contributed by atoms with Gasteiger partial charge in [0.15, 0.2) is 0 Å². The van der Waals surface area contributed by atoms with Crippen LogP contribution in [0, 0.1) is 5.82 Å². The monoisotopic (exact) mass is 287 g/mol. The zero-order valence-electron chi connectivity index (χ0n) is 11.0. The molecule has 2 aromatic rings. The number of nitrogens with zero attached hydrogens (tertiary/aromatic N) is 1. The molecule has 0 aliphatic carbocycles. The zero-order valence-corrected chi connectivity index (χ0v) is 11.8. The largest absolute Gasteiger partial charge is 0.291 e. The van der Waals surface area contributed by atoms with Crippen molar-refractivity contribution in [1.29, 1.82) is 0 Å². The summed E-state index contributed by atoms with van der Waals surface area (Å²) in [6.07, 6.45) is 2.16. The molecule has 0 spiro atoms. The third-order valence-electron chi connectivity index (χ3n) is 3.53. The summed E-state index contributed by atoms with van der Waals surface area (Å²) >= 11 is 5.72. The average Bonchev–Trinajstić information content (AvgIpc) is 2.91. The SMILES string of the molecule is Fc1cc(C2=CCN(Cc3ccccc3)C2)ccc1Cl. The van der Waals surface area contributed by atoms with Crippen LogP contribution in [0.25, 0.3) is 5.57 Å². The van der Waals surface area contributed by atoms with Crippen LogP contribution >= 0.6 is 11.6 Å². The van der Waals surface area contributed by atoms with Gasteiger partial charge in [0, 0.05) is 19.6 Å². The Morgan fingerprint density at radius 2 is 1.90 bits per heavy atom. The van der Waals surface area contributed by atoms with Gasteiger partial charge in [-0.1, -0.05) is 54.1 Å². The van der Waals surface area contributed by atoms with Crippen molar-refractivity contribution in [3.63, 3.8) is 0 Å². The van der Waals surface area contributed by atoms with E-state index >= 15 is 0 Å². The summed E-state index contributed by atoms with van der Waals surface area (Å²) in [6.45, 7) is 2.65. The van der Waals surface area contributed by atoms with E-state index in [9.17, 15) is 4.39 Å². The third-order valence-corrected chi connectivity index (χ3v) is 3.84. The first-order chi connectivity index (χ1) is 9.72. The molecule has 0 saturated carbocycles. The third kappa shape index (κ3) is 2.92. The van der Waals surface area contributed by atoms with Gasteiger partial charge in [0.2, 0.25) is 0 Å². The number of hydrogen-bond donors (Lipinski definition) is 0. The van der Waals surface area contributed by atoms with Crippen LogP contribution in [0.5, 0.6) is 0 Å². The summed E-state index contributed by atoms with van der Waals surface area (Å²) in [5, 5.41) is 0.175. The second kappa shape index (κ2) is 5.78. The van der Waals surface area contributed by atoms with E-state index in [0.717, 1.165) is 30.8 Å². The van der Waals surface area contributed by atoms with E-state index in [0.29, 0.717) is 0 Å². The predicted molar refractivity (Wildman–Crippen MR) is 81.1 cm³/mol. The molecule has 102 valence electrons. The molecule has 0 fully saturated rings. The lowest BCUT2D eigenvalue weighted by Crippen LogP contribution is -2.20. The Bertz CT molecular complexity index is 637. The van der Waals surface area contributed by atoms with Crippen molar-refractivity contribution in [2.75, 3.05) is 13.1 Å². The van der Waals surface area contributed by atoms with Gasteiger partial charge in [-0.15, -0.1) is 0 Å². The van der Waals surface area contributed by atoms with Crippen LogP contribution in [-0.2, 0) is 6.54 Å². The highest BCUT2D eigenvalue weighted by Crippen LogP contribution is 2.25. The molecule has 0 N–H and O–H groups in total. The van der Waals surface area contributed by atoms with Crippen molar-refractivity contribution in [3.8, 4) is 0 Å². The topological polar surface area (TPSA) is 3.24 Å². The van der Waals surface area contributed by atoms with Crippen LogP contribution in [0.3, 0.4) is 0 Å². The minimum Gasteiger partial charge on any atom is -0.291 e. The minimum absolute atomic E-state index is 0.175. The van der Waals surface area contributed by atoms with Gasteiger partial charge in [-0.3, -0.25) is 4.90 Å². The smallest absolute Gasteiger partial charge is 0.142 e. The zero-order chi connectivity index (χ0) is 13.9. The molecule has 1 nitrogen and oxygen atoms in total. The fourth-order valence-corrected chi connectivity index (χ4v) is 2.59. The fraction of sp³-hybridized carbons (Fsp3) is 0.176. The van der Waals surface area contributed by atoms with E-state index in [1.165, 1.54) is 11.6 Å². The van der Waals surface area contributed by atoms with Crippen molar-refractivity contribution >= 4 is 17.2 Å². The summed E-state index contributed by atoms with van der Waals surface area (Å²) in [7, 11) is 0. The van der Waals surface area contributed by atoms with Crippen LogP contribution in [-0.4, -0.2) is 18.0 Å². The number of halogens is 2. The Kier molecular flexibility index (Phi) is 3.86. The first-order valence-corrected chi connectivity index (χ1v) is 7.01. The Labute approximate surface area is 123 Å². The summed E-state index contributed by atoms with van der Waals surface area (Å²) in [5.74, 6) is -0.355. The first kappa shape index (κ1) is 13.3. The van der Waals surface area contributed by atoms with Gasteiger partial charge >= 0.3 is 0 Å². The number of rotatable bonds is 3. The molecule has 0 atom stereocenters. The Hall–Kier alpha value is -1.64. The second-order valence-electron chi connectivity index (χ2n) is 5.01. The van der Waals surface area contributed by atoms with E-state index in [1.807, 2.05) is 24.3 Å². The summed E-state index contributed by atoms with van der Waals surface area (Å²) in [5.41, 5.74) is 3.38. The van der Waals surface area contributed by atoms with Crippen molar-refractivity contribution in [3.05, 3.63) is 76.6 Å². The first-order valence-electron chi connectivity index (χ1n) is 6.63. The van der Waals surface area contributed by atoms with E-state index in [4.69, 9.17) is 11.6 Å². The predicted octanol–water partition coefficient (Wildman–Crippen LogP) is 4.38. The highest BCUT2D eigenvalue weighted by Gasteiger charge is 2.16. The second-order valence-corrected chi connectivity index (χ2v) is 5.42. The van der Waals surface area contributed by atoms with Crippen molar-refractivity contribution < 1.29 is 4.39 Å². The minimum atomic E-state index is -0.355. The quantitative estimate of drug-likeness (QED) is 0.810. The highest BCUT2D eigenvalue weighted by atomic mass is 35.5. The Morgan fingerprint density at radius 3 is 2.65 bits per heavy atom. The Morgan fingerprint density at radius 1 is 1.10 bits per heavy atom. The summed E-state index contributed by atoms with van der Waals surface area (Å²) < 4.78 is 13.5. The molecule has 0 amide bonds. The lowest BCUT2D eigenvalue weighted by molar-refractivity contribution is 0.348. The van der Waals surface area contributed by atoms with E-state index in [-0.39, 0.29) is 10.8 Å². The molecule has 20 heavy (non-hydrogen) atoms. The van der Waals surface area contributed by atoms with E-state index in [1.54, 1.807) is 6.07 Å². The van der Waals surface area contributed by atoms with Gasteiger partial charge in [0.25, 0.3) is 0 Å². The van der Waals surface area contributed by atoms with Gasteiger partial charge in [0.1, 0.15) is 5.82 Å². The van der Waals surface area contributed by atoms with E-state index in [2.05, 4.69) is 23.1 Å². The molecule has 0 unspecified atom stereocenters. The van der Waals surface area contributed by atoms with Crippen LogP contribution in [0.15, 0.2) is 54.6 Å². The van der Waals surface area contributed by atoms with Crippen LogP contribution < -0.4 is 0 Å². The Balaban J connectivity index is 1.68. The molecule has 0 aromatic heterocycles. The van der Waals surface area contributed by atoms with Crippen LogP contribution in [0.1, 0.15) is 11.1 Å². The molecule has 0 radical (unpaired) electrons. The molecule has 3 rings (SSSR count). The normalized spacial score (nSPS) is 15.4. The maximum atomic E-state index is 13.5. The molecular weight excluding hydrogens is 273 g/mol. The van der Waals surface area contributed by atoms with Crippen molar-refractivity contribution in [2.24, 2.45) is 0 Å². The molecule has 0 saturated heterocycles. The standard InChI is InChI=1S/C17H15ClFN/c18-16-7-6-14(10-17(16)19)15-8-9-20(12-15)11-13-4-2-1-3-5-13/h1-8,10H,9,11-12H2. The molecule has 3 heteroatoms. The van der Waals surface area contributed by atoms with Crippen molar-refractivity contribution in [2.45, 2.75) is 6.54 Å². The van der Waals surface area contributed by atoms with Gasteiger partial charge in [0.05, 0.1) is 5.02 Å². The van der Waals surface area contributed by atoms with Gasteiger partial charge in [-0.2, -0.15) is 0 Å². The molecule has 1 aliphatic rings. The average molecular weight is 288 g/mol. The van der Waals surface area contributed by atoms with Crippen molar-refractivity contribution in [1.82, 2.24) is 4.90 Å². The summed E-state index contributed by atoms with van der Waals surface area (Å²) in [6, 6.07) is 15.4. The maximum Gasteiger partial charge on any atom is 0.142 e. The van der Waals surface area contributed by atoms with E-state index < -0.39 is 0 Å². The summed E-state index contributed by atoms with van der Waals surface area (Å²) in [4.78, 5) is 2.33. The number of benzene rings is 2. The van der Waals surface area contributed by atoms with Gasteiger partial charge in [-0.05, 0) is 28.8 Å². The lowest BCUT2D eigenvalue weighted by atomic mass is 10.1. The van der Waals surface area contributed by atoms with Crippen LogP contribution in [0.2, 0.25) is 5.02 Å². The molecule has 1 heterocycles. The van der Waals surface area contributed by atoms with Gasteiger partial charge < -0.3 is 0 Å². The molecule has 2 aromatic carbocycles. The molecule has 0 bridgehead atoms. The lowest BCUT2D eigenvalue weighted by Gasteiger charge is -2.16. The fourth-order valence-electron chi connectivity index (χ4n) is 2.48. The number of hydrogen-bond acceptors (Lipinski definition) is 1. The maximum absolute atomic E-state index is 13.5. The molecular formula is C17H15ClFN. The highest BCUT2D eigenvalue weighted by molar-refractivity contribution is 6.30.